The zero-order valence-corrected chi connectivity index (χ0v) is 11.6. The molecule has 2 rings (SSSR count). The van der Waals surface area contributed by atoms with Crippen molar-refractivity contribution in [3.05, 3.63) is 30.0 Å². The van der Waals surface area contributed by atoms with Crippen molar-refractivity contribution in [3.63, 3.8) is 0 Å². The first-order valence-electron chi connectivity index (χ1n) is 6.02. The number of hydrogen-bond donors (Lipinski definition) is 1. The van der Waals surface area contributed by atoms with Crippen molar-refractivity contribution in [3.8, 4) is 0 Å². The lowest BCUT2D eigenvalue weighted by atomic mass is 10.1. The lowest BCUT2D eigenvalue weighted by Gasteiger charge is -2.24. The van der Waals surface area contributed by atoms with Crippen molar-refractivity contribution in [2.24, 2.45) is 0 Å². The van der Waals surface area contributed by atoms with Crippen LogP contribution in [0.4, 0.5) is 16.2 Å². The molecule has 2 amide bonds. The quantitative estimate of drug-likeness (QED) is 0.798. The number of rotatable bonds is 1. The fourth-order valence-electron chi connectivity index (χ4n) is 2.17. The lowest BCUT2D eigenvalue weighted by molar-refractivity contribution is 0.225. The monoisotopic (exact) mass is 258 g/mol. The number of urea groups is 1. The minimum absolute atomic E-state index is 0.0852. The third-order valence-electron chi connectivity index (χ3n) is 3.09. The first-order valence-corrected chi connectivity index (χ1v) is 6.02. The Bertz CT molecular complexity index is 637. The van der Waals surface area contributed by atoms with E-state index in [0.29, 0.717) is 5.69 Å². The van der Waals surface area contributed by atoms with Gasteiger partial charge in [-0.1, -0.05) is 12.1 Å². The Balaban J connectivity index is 2.68. The summed E-state index contributed by atoms with van der Waals surface area (Å²) in [5.74, 6) is 0. The number of anilines is 2. The van der Waals surface area contributed by atoms with Crippen LogP contribution in [0.15, 0.2) is 24.4 Å². The summed E-state index contributed by atoms with van der Waals surface area (Å²) < 4.78 is 0. The van der Waals surface area contributed by atoms with E-state index in [0.717, 1.165) is 22.2 Å². The number of carbonyl (C=O) groups is 1. The Morgan fingerprint density at radius 2 is 1.95 bits per heavy atom. The Labute approximate surface area is 112 Å². The number of amides is 2. The van der Waals surface area contributed by atoms with Crippen molar-refractivity contribution in [2.45, 2.75) is 6.92 Å². The molecule has 5 nitrogen and oxygen atoms in total. The van der Waals surface area contributed by atoms with E-state index >= 15 is 0 Å². The number of aromatic nitrogens is 1. The Hall–Kier alpha value is -2.30. The standard InChI is InChI=1S/C14H18N4O/c1-9-8-16-12-10(6-5-7-11(12)15)13(9)18(4)14(19)17(2)3/h5-8H,15H2,1-4H3. The molecule has 19 heavy (non-hydrogen) atoms. The highest BCUT2D eigenvalue weighted by Gasteiger charge is 2.18. The van der Waals surface area contributed by atoms with Crippen LogP contribution in [0.5, 0.6) is 0 Å². The van der Waals surface area contributed by atoms with Gasteiger partial charge in [-0.3, -0.25) is 9.88 Å². The van der Waals surface area contributed by atoms with Gasteiger partial charge in [0.25, 0.3) is 0 Å². The first-order chi connectivity index (χ1) is 8.93. The van der Waals surface area contributed by atoms with E-state index in [9.17, 15) is 4.79 Å². The minimum Gasteiger partial charge on any atom is -0.397 e. The predicted molar refractivity (Wildman–Crippen MR) is 78.4 cm³/mol. The molecule has 0 aliphatic carbocycles. The van der Waals surface area contributed by atoms with Gasteiger partial charge >= 0.3 is 6.03 Å². The molecule has 0 unspecified atom stereocenters. The summed E-state index contributed by atoms with van der Waals surface area (Å²) in [5.41, 5.74) is 9.06. The van der Waals surface area contributed by atoms with Crippen LogP contribution in [0.3, 0.4) is 0 Å². The van der Waals surface area contributed by atoms with Gasteiger partial charge in [0.1, 0.15) is 0 Å². The first kappa shape index (κ1) is 13.1. The van der Waals surface area contributed by atoms with Crippen LogP contribution in [0.25, 0.3) is 10.9 Å². The van der Waals surface area contributed by atoms with Crippen LogP contribution in [-0.4, -0.2) is 37.1 Å². The van der Waals surface area contributed by atoms with E-state index in [4.69, 9.17) is 5.73 Å². The maximum absolute atomic E-state index is 12.1. The second kappa shape index (κ2) is 4.76. The summed E-state index contributed by atoms with van der Waals surface area (Å²) in [6.07, 6.45) is 1.74. The number of fused-ring (bicyclic) bond motifs is 1. The zero-order chi connectivity index (χ0) is 14.2. The molecule has 2 aromatic rings. The summed E-state index contributed by atoms with van der Waals surface area (Å²) in [5, 5.41) is 0.887. The van der Waals surface area contributed by atoms with E-state index in [1.165, 1.54) is 4.90 Å². The van der Waals surface area contributed by atoms with Gasteiger partial charge in [0.15, 0.2) is 0 Å². The van der Waals surface area contributed by atoms with Crippen molar-refractivity contribution in [1.29, 1.82) is 0 Å². The number of nitrogens with zero attached hydrogens (tertiary/aromatic N) is 3. The van der Waals surface area contributed by atoms with Crippen molar-refractivity contribution in [2.75, 3.05) is 31.8 Å². The summed E-state index contributed by atoms with van der Waals surface area (Å²) in [7, 11) is 5.21. The highest BCUT2D eigenvalue weighted by Crippen LogP contribution is 2.31. The molecule has 0 atom stereocenters. The molecule has 5 heteroatoms. The molecule has 0 saturated carbocycles. The van der Waals surface area contributed by atoms with Crippen molar-refractivity contribution >= 4 is 28.3 Å². The van der Waals surface area contributed by atoms with Gasteiger partial charge in [0.05, 0.1) is 16.9 Å². The summed E-state index contributed by atoms with van der Waals surface area (Å²) in [4.78, 5) is 19.6. The van der Waals surface area contributed by atoms with Gasteiger partial charge in [-0.2, -0.15) is 0 Å². The Morgan fingerprint density at radius 1 is 1.26 bits per heavy atom. The fraction of sp³-hybridized carbons (Fsp3) is 0.286. The second-order valence-electron chi connectivity index (χ2n) is 4.77. The van der Waals surface area contributed by atoms with Crippen LogP contribution in [0.2, 0.25) is 0 Å². The summed E-state index contributed by atoms with van der Waals surface area (Å²) in [6, 6.07) is 5.52. The molecule has 100 valence electrons. The summed E-state index contributed by atoms with van der Waals surface area (Å²) in [6.45, 7) is 1.93. The molecule has 0 aliphatic heterocycles. The number of nitrogens with two attached hydrogens (primary N) is 1. The van der Waals surface area contributed by atoms with E-state index in [2.05, 4.69) is 4.98 Å². The van der Waals surface area contributed by atoms with Gasteiger partial charge < -0.3 is 10.6 Å². The fourth-order valence-corrected chi connectivity index (χ4v) is 2.17. The number of pyridine rings is 1. The van der Waals surface area contributed by atoms with E-state index < -0.39 is 0 Å². The van der Waals surface area contributed by atoms with Crippen LogP contribution in [0, 0.1) is 6.92 Å². The molecule has 0 fully saturated rings. The van der Waals surface area contributed by atoms with Gasteiger partial charge in [0.2, 0.25) is 0 Å². The van der Waals surface area contributed by atoms with Gasteiger partial charge in [-0.15, -0.1) is 0 Å². The average Bonchev–Trinajstić information content (AvgIpc) is 2.37. The molecule has 0 saturated heterocycles. The molecule has 0 radical (unpaired) electrons. The largest absolute Gasteiger partial charge is 0.397 e. The average molecular weight is 258 g/mol. The number of aryl methyl sites for hydroxylation is 1. The second-order valence-corrected chi connectivity index (χ2v) is 4.77. The molecule has 0 spiro atoms. The predicted octanol–water partition coefficient (Wildman–Crippen LogP) is 2.24. The molecule has 1 aromatic carbocycles. The highest BCUT2D eigenvalue weighted by molar-refractivity contribution is 6.05. The van der Waals surface area contributed by atoms with Crippen molar-refractivity contribution < 1.29 is 4.79 Å². The van der Waals surface area contributed by atoms with E-state index in [1.54, 1.807) is 32.2 Å². The lowest BCUT2D eigenvalue weighted by Crippen LogP contribution is -2.36. The summed E-state index contributed by atoms with van der Waals surface area (Å²) >= 11 is 0. The van der Waals surface area contributed by atoms with Crippen molar-refractivity contribution in [1.82, 2.24) is 9.88 Å². The van der Waals surface area contributed by atoms with Gasteiger partial charge in [-0.05, 0) is 18.6 Å². The van der Waals surface area contributed by atoms with Crippen LogP contribution in [-0.2, 0) is 0 Å². The van der Waals surface area contributed by atoms with Gasteiger partial charge in [0, 0.05) is 32.7 Å². The van der Waals surface area contributed by atoms with Crippen LogP contribution >= 0.6 is 0 Å². The smallest absolute Gasteiger partial charge is 0.323 e. The molecule has 0 aliphatic rings. The number of hydrogen-bond acceptors (Lipinski definition) is 3. The molecule has 1 aromatic heterocycles. The molecule has 0 bridgehead atoms. The Morgan fingerprint density at radius 3 is 2.58 bits per heavy atom. The van der Waals surface area contributed by atoms with Gasteiger partial charge in [-0.25, -0.2) is 4.79 Å². The van der Waals surface area contributed by atoms with Crippen LogP contribution in [0.1, 0.15) is 5.56 Å². The van der Waals surface area contributed by atoms with Crippen LogP contribution < -0.4 is 10.6 Å². The number of carbonyl (C=O) groups excluding carboxylic acids is 1. The van der Waals surface area contributed by atoms with E-state index in [1.807, 2.05) is 25.1 Å². The third kappa shape index (κ3) is 2.19. The highest BCUT2D eigenvalue weighted by atomic mass is 16.2. The number of benzene rings is 1. The maximum atomic E-state index is 12.1. The molecule has 1 heterocycles. The SMILES string of the molecule is Cc1cnc2c(N)cccc2c1N(C)C(=O)N(C)C. The zero-order valence-electron chi connectivity index (χ0n) is 11.6. The maximum Gasteiger partial charge on any atom is 0.323 e. The normalized spacial score (nSPS) is 10.5. The molecular weight excluding hydrogens is 240 g/mol. The number of para-hydroxylation sites is 1. The molecular formula is C14H18N4O. The minimum atomic E-state index is -0.0852. The third-order valence-corrected chi connectivity index (χ3v) is 3.09. The topological polar surface area (TPSA) is 62.5 Å². The Kier molecular flexibility index (Phi) is 3.29. The van der Waals surface area contributed by atoms with E-state index in [-0.39, 0.29) is 6.03 Å². The molecule has 2 N–H and O–H groups in total. The number of nitrogen functional groups attached to an aromatic ring is 1.